The van der Waals surface area contributed by atoms with Crippen molar-refractivity contribution in [1.29, 1.82) is 0 Å². The maximum atomic E-state index is 11.8. The molecule has 3 nitrogen and oxygen atoms in total. The van der Waals surface area contributed by atoms with E-state index < -0.39 is 0 Å². The Morgan fingerprint density at radius 2 is 2.35 bits per heavy atom. The molecular formula is C12H17ClN2OS. The zero-order chi connectivity index (χ0) is 12.3. The molecule has 1 N–H and O–H groups in total. The molecule has 0 aliphatic heterocycles. The summed E-state index contributed by atoms with van der Waals surface area (Å²) < 4.78 is 0. The second-order valence-corrected chi connectivity index (χ2v) is 6.31. The van der Waals surface area contributed by atoms with E-state index in [1.54, 1.807) is 6.20 Å². The summed E-state index contributed by atoms with van der Waals surface area (Å²) in [6.45, 7) is 2.58. The molecule has 5 heteroatoms. The highest BCUT2D eigenvalue weighted by atomic mass is 35.5. The molecule has 0 spiro atoms. The van der Waals surface area contributed by atoms with Crippen LogP contribution in [0.15, 0.2) is 6.20 Å². The lowest BCUT2D eigenvalue weighted by Gasteiger charge is -2.26. The molecule has 1 aliphatic carbocycles. The zero-order valence-electron chi connectivity index (χ0n) is 9.91. The maximum absolute atomic E-state index is 11.8. The highest BCUT2D eigenvalue weighted by Gasteiger charge is 2.23. The van der Waals surface area contributed by atoms with Gasteiger partial charge in [0.15, 0.2) is 0 Å². The molecule has 2 rings (SSSR count). The van der Waals surface area contributed by atoms with Crippen molar-refractivity contribution >= 4 is 28.8 Å². The maximum Gasteiger partial charge on any atom is 0.263 e. The average molecular weight is 273 g/mol. The highest BCUT2D eigenvalue weighted by Crippen LogP contribution is 2.28. The summed E-state index contributed by atoms with van der Waals surface area (Å²) in [4.78, 5) is 16.6. The molecule has 94 valence electrons. The van der Waals surface area contributed by atoms with Crippen LogP contribution in [0.2, 0.25) is 0 Å². The lowest BCUT2D eigenvalue weighted by molar-refractivity contribution is 0.0948. The number of carbonyl (C=O) groups excluding carboxylic acids is 1. The van der Waals surface area contributed by atoms with Gasteiger partial charge < -0.3 is 5.32 Å². The number of alkyl halides is 1. The minimum atomic E-state index is -0.0231. The van der Waals surface area contributed by atoms with E-state index in [0.717, 1.165) is 17.8 Å². The van der Waals surface area contributed by atoms with E-state index in [9.17, 15) is 4.79 Å². The molecule has 1 amide bonds. The van der Waals surface area contributed by atoms with E-state index in [0.29, 0.717) is 17.3 Å². The number of nitrogens with one attached hydrogen (secondary N) is 1. The van der Waals surface area contributed by atoms with Gasteiger partial charge in [-0.2, -0.15) is 0 Å². The monoisotopic (exact) mass is 272 g/mol. The van der Waals surface area contributed by atoms with E-state index in [4.69, 9.17) is 11.6 Å². The third kappa shape index (κ3) is 3.42. The van der Waals surface area contributed by atoms with Gasteiger partial charge in [0.2, 0.25) is 0 Å². The van der Waals surface area contributed by atoms with E-state index in [1.165, 1.54) is 24.2 Å². The molecule has 0 radical (unpaired) electrons. The number of hydrogen-bond acceptors (Lipinski definition) is 3. The number of nitrogens with zero attached hydrogens (tertiary/aromatic N) is 1. The van der Waals surface area contributed by atoms with E-state index in [1.807, 2.05) is 6.92 Å². The van der Waals surface area contributed by atoms with Crippen molar-refractivity contribution in [3.05, 3.63) is 16.1 Å². The molecule has 17 heavy (non-hydrogen) atoms. The number of rotatable bonds is 3. The third-order valence-corrected chi connectivity index (χ3v) is 4.67. The predicted molar refractivity (Wildman–Crippen MR) is 70.8 cm³/mol. The van der Waals surface area contributed by atoms with Crippen LogP contribution in [-0.4, -0.2) is 22.8 Å². The van der Waals surface area contributed by atoms with Crippen LogP contribution in [0.4, 0.5) is 0 Å². The molecule has 1 aromatic rings. The number of carbonyl (C=O) groups is 1. The SMILES string of the molecule is Cc1ncc(C(=O)NCC2CCCCC2Cl)s1. The smallest absolute Gasteiger partial charge is 0.263 e. The molecule has 0 aromatic carbocycles. The first-order valence-corrected chi connectivity index (χ1v) is 7.27. The number of thiazole rings is 1. The van der Waals surface area contributed by atoms with Crippen molar-refractivity contribution in [2.75, 3.05) is 6.54 Å². The summed E-state index contributed by atoms with van der Waals surface area (Å²) in [5.74, 6) is 0.397. The van der Waals surface area contributed by atoms with Crippen LogP contribution >= 0.6 is 22.9 Å². The van der Waals surface area contributed by atoms with Crippen LogP contribution in [0.3, 0.4) is 0 Å². The van der Waals surface area contributed by atoms with Crippen LogP contribution in [0.5, 0.6) is 0 Å². The fraction of sp³-hybridized carbons (Fsp3) is 0.667. The molecule has 0 saturated heterocycles. The first-order valence-electron chi connectivity index (χ1n) is 6.01. The summed E-state index contributed by atoms with van der Waals surface area (Å²) >= 11 is 7.68. The van der Waals surface area contributed by atoms with Gasteiger partial charge in [0.05, 0.1) is 11.2 Å². The molecule has 1 aromatic heterocycles. The van der Waals surface area contributed by atoms with Crippen molar-refractivity contribution in [2.45, 2.75) is 38.0 Å². The molecule has 1 heterocycles. The van der Waals surface area contributed by atoms with Crippen LogP contribution in [0, 0.1) is 12.8 Å². The molecule has 1 saturated carbocycles. The first-order chi connectivity index (χ1) is 8.16. The van der Waals surface area contributed by atoms with Crippen LogP contribution < -0.4 is 5.32 Å². The number of halogens is 1. The Balaban J connectivity index is 1.83. The summed E-state index contributed by atoms with van der Waals surface area (Å²) in [5.41, 5.74) is 0. The highest BCUT2D eigenvalue weighted by molar-refractivity contribution is 7.13. The Morgan fingerprint density at radius 3 is 3.00 bits per heavy atom. The number of amides is 1. The minimum Gasteiger partial charge on any atom is -0.351 e. The summed E-state index contributed by atoms with van der Waals surface area (Å²) in [6.07, 6.45) is 6.27. The van der Waals surface area contributed by atoms with Gasteiger partial charge >= 0.3 is 0 Å². The van der Waals surface area contributed by atoms with Gasteiger partial charge in [-0.3, -0.25) is 4.79 Å². The summed E-state index contributed by atoms with van der Waals surface area (Å²) in [7, 11) is 0. The van der Waals surface area contributed by atoms with Gasteiger partial charge in [-0.25, -0.2) is 4.98 Å². The van der Waals surface area contributed by atoms with Crippen molar-refractivity contribution < 1.29 is 4.79 Å². The largest absolute Gasteiger partial charge is 0.351 e. The minimum absolute atomic E-state index is 0.0231. The molecule has 2 unspecified atom stereocenters. The lowest BCUT2D eigenvalue weighted by Crippen LogP contribution is -2.34. The zero-order valence-corrected chi connectivity index (χ0v) is 11.5. The average Bonchev–Trinajstić information content (AvgIpc) is 2.74. The Morgan fingerprint density at radius 1 is 1.59 bits per heavy atom. The van der Waals surface area contributed by atoms with E-state index in [2.05, 4.69) is 10.3 Å². The summed E-state index contributed by atoms with van der Waals surface area (Å²) in [5, 5.41) is 4.09. The summed E-state index contributed by atoms with van der Waals surface area (Å²) in [6, 6.07) is 0. The van der Waals surface area contributed by atoms with E-state index >= 15 is 0 Å². The molecule has 0 bridgehead atoms. The first kappa shape index (κ1) is 12.8. The van der Waals surface area contributed by atoms with Gasteiger partial charge in [-0.05, 0) is 25.7 Å². The van der Waals surface area contributed by atoms with Crippen LogP contribution in [0.1, 0.15) is 40.4 Å². The van der Waals surface area contributed by atoms with Gasteiger partial charge in [0.1, 0.15) is 4.88 Å². The second kappa shape index (κ2) is 5.83. The molecule has 1 fully saturated rings. The normalized spacial score (nSPS) is 24.6. The Bertz CT molecular complexity index is 394. The molecular weight excluding hydrogens is 256 g/mol. The van der Waals surface area contributed by atoms with Gasteiger partial charge in [0, 0.05) is 11.9 Å². The van der Waals surface area contributed by atoms with Gasteiger partial charge in [-0.15, -0.1) is 22.9 Å². The Kier molecular flexibility index (Phi) is 4.40. The van der Waals surface area contributed by atoms with E-state index in [-0.39, 0.29) is 11.3 Å². The van der Waals surface area contributed by atoms with Crippen molar-refractivity contribution in [1.82, 2.24) is 10.3 Å². The topological polar surface area (TPSA) is 42.0 Å². The van der Waals surface area contributed by atoms with Gasteiger partial charge in [-0.1, -0.05) is 12.8 Å². The van der Waals surface area contributed by atoms with Gasteiger partial charge in [0.25, 0.3) is 5.91 Å². The van der Waals surface area contributed by atoms with Crippen LogP contribution in [-0.2, 0) is 0 Å². The fourth-order valence-electron chi connectivity index (χ4n) is 2.17. The van der Waals surface area contributed by atoms with Crippen LogP contribution in [0.25, 0.3) is 0 Å². The quantitative estimate of drug-likeness (QED) is 0.860. The standard InChI is InChI=1S/C12H17ClN2OS/c1-8-14-7-11(17-8)12(16)15-6-9-4-2-3-5-10(9)13/h7,9-10H,2-6H2,1H3,(H,15,16). The fourth-order valence-corrected chi connectivity index (χ4v) is 3.23. The third-order valence-electron chi connectivity index (χ3n) is 3.19. The number of aryl methyl sites for hydroxylation is 1. The Labute approximate surface area is 111 Å². The van der Waals surface area contributed by atoms with Crippen molar-refractivity contribution in [2.24, 2.45) is 5.92 Å². The Hall–Kier alpha value is -0.610. The molecule has 1 aliphatic rings. The molecule has 2 atom stereocenters. The lowest BCUT2D eigenvalue weighted by atomic mass is 9.89. The number of hydrogen-bond donors (Lipinski definition) is 1. The predicted octanol–water partition coefficient (Wildman–Crippen LogP) is 2.98. The van der Waals surface area contributed by atoms with Crippen molar-refractivity contribution in [3.63, 3.8) is 0 Å². The number of aromatic nitrogens is 1. The van der Waals surface area contributed by atoms with Crippen molar-refractivity contribution in [3.8, 4) is 0 Å². The second-order valence-electron chi connectivity index (χ2n) is 4.51.